The van der Waals surface area contributed by atoms with Crippen molar-refractivity contribution in [3.05, 3.63) is 36.2 Å². The molecule has 2 heterocycles. The van der Waals surface area contributed by atoms with Crippen molar-refractivity contribution in [1.29, 1.82) is 5.26 Å². The van der Waals surface area contributed by atoms with Crippen molar-refractivity contribution in [2.45, 2.75) is 13.0 Å². The molecule has 0 saturated heterocycles. The fraction of sp³-hybridized carbons (Fsp3) is 0.154. The second-order valence-electron chi connectivity index (χ2n) is 4.35. The summed E-state index contributed by atoms with van der Waals surface area (Å²) in [5, 5.41) is 23.5. The SMILES string of the molecule is C[C@H](Oc1ccc(C#N)cc1)C(=O)Nc1nn2cnnc2s1. The highest BCUT2D eigenvalue weighted by atomic mass is 32.1. The lowest BCUT2D eigenvalue weighted by atomic mass is 10.2. The minimum Gasteiger partial charge on any atom is -0.481 e. The summed E-state index contributed by atoms with van der Waals surface area (Å²) in [6.45, 7) is 1.63. The van der Waals surface area contributed by atoms with Gasteiger partial charge in [0.1, 0.15) is 12.1 Å². The molecule has 22 heavy (non-hydrogen) atoms. The highest BCUT2D eigenvalue weighted by Gasteiger charge is 2.17. The zero-order valence-electron chi connectivity index (χ0n) is 11.4. The second kappa shape index (κ2) is 5.79. The van der Waals surface area contributed by atoms with Crippen LogP contribution >= 0.6 is 11.3 Å². The number of aromatic nitrogens is 4. The van der Waals surface area contributed by atoms with Gasteiger partial charge in [0.05, 0.1) is 11.6 Å². The van der Waals surface area contributed by atoms with Gasteiger partial charge in [-0.2, -0.15) is 9.78 Å². The van der Waals surface area contributed by atoms with Crippen LogP contribution in [0.15, 0.2) is 30.6 Å². The predicted octanol–water partition coefficient (Wildman–Crippen LogP) is 1.46. The smallest absolute Gasteiger partial charge is 0.266 e. The van der Waals surface area contributed by atoms with E-state index in [1.54, 1.807) is 31.2 Å². The number of carbonyl (C=O) groups is 1. The minimum atomic E-state index is -0.706. The molecule has 3 aromatic rings. The van der Waals surface area contributed by atoms with Crippen molar-refractivity contribution >= 4 is 27.3 Å². The molecule has 0 spiro atoms. The molecular weight excluding hydrogens is 304 g/mol. The monoisotopic (exact) mass is 314 g/mol. The molecule has 3 rings (SSSR count). The van der Waals surface area contributed by atoms with Crippen LogP contribution in [0.4, 0.5) is 5.13 Å². The molecule has 110 valence electrons. The zero-order chi connectivity index (χ0) is 15.5. The summed E-state index contributed by atoms with van der Waals surface area (Å²) in [4.78, 5) is 12.7. The average molecular weight is 314 g/mol. The number of fused-ring (bicyclic) bond motifs is 1. The molecule has 0 saturated carbocycles. The van der Waals surface area contributed by atoms with Crippen LogP contribution in [0, 0.1) is 11.3 Å². The van der Waals surface area contributed by atoms with E-state index in [1.165, 1.54) is 22.2 Å². The standard InChI is InChI=1S/C13H10N6O2S/c1-8(21-10-4-2-9(6-14)3-5-10)11(20)16-12-18-19-7-15-17-13(19)22-12/h2-5,7-8H,1H3,(H,16,18,20)/t8-/m0/s1. The summed E-state index contributed by atoms with van der Waals surface area (Å²) < 4.78 is 7.00. The number of hydrogen-bond donors (Lipinski definition) is 1. The maximum absolute atomic E-state index is 12.1. The average Bonchev–Trinajstić information content (AvgIpc) is 3.09. The maximum atomic E-state index is 12.1. The molecule has 9 heteroatoms. The van der Waals surface area contributed by atoms with Gasteiger partial charge in [0.25, 0.3) is 5.91 Å². The van der Waals surface area contributed by atoms with Crippen LogP contribution in [0.5, 0.6) is 5.75 Å². The predicted molar refractivity (Wildman–Crippen MR) is 78.5 cm³/mol. The number of hydrogen-bond acceptors (Lipinski definition) is 7. The Morgan fingerprint density at radius 3 is 2.91 bits per heavy atom. The summed E-state index contributed by atoms with van der Waals surface area (Å²) in [5.41, 5.74) is 0.532. The summed E-state index contributed by atoms with van der Waals surface area (Å²) in [7, 11) is 0. The Morgan fingerprint density at radius 2 is 2.23 bits per heavy atom. The summed E-state index contributed by atoms with van der Waals surface area (Å²) in [6.07, 6.45) is 0.750. The van der Waals surface area contributed by atoms with Crippen molar-refractivity contribution in [1.82, 2.24) is 19.8 Å². The quantitative estimate of drug-likeness (QED) is 0.781. The number of rotatable bonds is 4. The maximum Gasteiger partial charge on any atom is 0.266 e. The van der Waals surface area contributed by atoms with Gasteiger partial charge in [0, 0.05) is 0 Å². The minimum absolute atomic E-state index is 0.325. The molecule has 1 N–H and O–H groups in total. The first-order valence-corrected chi connectivity index (χ1v) is 7.12. The molecule has 0 aliphatic carbocycles. The number of amides is 1. The Labute approximate surface area is 129 Å². The van der Waals surface area contributed by atoms with Gasteiger partial charge in [0.2, 0.25) is 10.1 Å². The van der Waals surface area contributed by atoms with Gasteiger partial charge < -0.3 is 4.74 Å². The van der Waals surface area contributed by atoms with Crippen LogP contribution in [0.25, 0.3) is 4.96 Å². The summed E-state index contributed by atoms with van der Waals surface area (Å²) in [6, 6.07) is 8.56. The largest absolute Gasteiger partial charge is 0.481 e. The van der Waals surface area contributed by atoms with E-state index in [1.807, 2.05) is 6.07 Å². The topological polar surface area (TPSA) is 105 Å². The van der Waals surface area contributed by atoms with Crippen molar-refractivity contribution in [3.63, 3.8) is 0 Å². The Kier molecular flexibility index (Phi) is 3.67. The Bertz CT molecular complexity index is 819. The molecule has 1 amide bonds. The van der Waals surface area contributed by atoms with Crippen LogP contribution < -0.4 is 10.1 Å². The molecule has 0 aliphatic heterocycles. The summed E-state index contributed by atoms with van der Waals surface area (Å²) in [5.74, 6) is 0.189. The first-order valence-electron chi connectivity index (χ1n) is 6.30. The molecule has 0 aliphatic rings. The number of ether oxygens (including phenoxy) is 1. The van der Waals surface area contributed by atoms with E-state index < -0.39 is 6.10 Å². The molecule has 2 aromatic heterocycles. The van der Waals surface area contributed by atoms with Crippen LogP contribution in [0.2, 0.25) is 0 Å². The lowest BCUT2D eigenvalue weighted by Crippen LogP contribution is -2.30. The van der Waals surface area contributed by atoms with E-state index >= 15 is 0 Å². The second-order valence-corrected chi connectivity index (χ2v) is 5.31. The lowest BCUT2D eigenvalue weighted by molar-refractivity contribution is -0.122. The zero-order valence-corrected chi connectivity index (χ0v) is 12.2. The number of anilines is 1. The van der Waals surface area contributed by atoms with Gasteiger partial charge in [0.15, 0.2) is 6.10 Å². The Morgan fingerprint density at radius 1 is 1.45 bits per heavy atom. The van der Waals surface area contributed by atoms with Gasteiger partial charge >= 0.3 is 0 Å². The molecule has 1 aromatic carbocycles. The fourth-order valence-electron chi connectivity index (χ4n) is 1.68. The van der Waals surface area contributed by atoms with Gasteiger partial charge in [-0.05, 0) is 31.2 Å². The first kappa shape index (κ1) is 14.0. The summed E-state index contributed by atoms with van der Waals surface area (Å²) >= 11 is 1.22. The number of carbonyl (C=O) groups excluding carboxylic acids is 1. The number of nitrogens with zero attached hydrogens (tertiary/aromatic N) is 5. The molecule has 0 unspecified atom stereocenters. The van der Waals surface area contributed by atoms with Crippen molar-refractivity contribution < 1.29 is 9.53 Å². The highest BCUT2D eigenvalue weighted by molar-refractivity contribution is 7.20. The van der Waals surface area contributed by atoms with Crippen molar-refractivity contribution in [2.24, 2.45) is 0 Å². The van der Waals surface area contributed by atoms with E-state index in [4.69, 9.17) is 10.00 Å². The molecule has 8 nitrogen and oxygen atoms in total. The van der Waals surface area contributed by atoms with Gasteiger partial charge in [-0.3, -0.25) is 10.1 Å². The Balaban J connectivity index is 1.63. The van der Waals surface area contributed by atoms with Gasteiger partial charge in [-0.25, -0.2) is 0 Å². The van der Waals surface area contributed by atoms with E-state index in [0.29, 0.717) is 21.4 Å². The molecule has 0 bridgehead atoms. The normalized spacial score (nSPS) is 11.8. The molecule has 1 atom stereocenters. The third kappa shape index (κ3) is 2.87. The number of benzene rings is 1. The molecule has 0 fully saturated rings. The molecular formula is C13H10N6O2S. The Hall–Kier alpha value is -2.99. The fourth-order valence-corrected chi connectivity index (χ4v) is 2.41. The van der Waals surface area contributed by atoms with Crippen molar-refractivity contribution in [2.75, 3.05) is 5.32 Å². The van der Waals surface area contributed by atoms with Gasteiger partial charge in [-0.1, -0.05) is 11.3 Å². The third-order valence-corrected chi connectivity index (χ3v) is 3.61. The highest BCUT2D eigenvalue weighted by Crippen LogP contribution is 2.18. The van der Waals surface area contributed by atoms with E-state index in [2.05, 4.69) is 20.6 Å². The number of nitriles is 1. The molecule has 0 radical (unpaired) electrons. The third-order valence-electron chi connectivity index (χ3n) is 2.78. The lowest BCUT2D eigenvalue weighted by Gasteiger charge is -2.13. The van der Waals surface area contributed by atoms with Crippen LogP contribution in [0.3, 0.4) is 0 Å². The van der Waals surface area contributed by atoms with Crippen LogP contribution in [0.1, 0.15) is 12.5 Å². The van der Waals surface area contributed by atoms with E-state index in [0.717, 1.165) is 0 Å². The van der Waals surface area contributed by atoms with Crippen LogP contribution in [-0.2, 0) is 4.79 Å². The van der Waals surface area contributed by atoms with Crippen LogP contribution in [-0.4, -0.2) is 31.8 Å². The first-order chi connectivity index (χ1) is 10.7. The number of nitrogens with one attached hydrogen (secondary N) is 1. The van der Waals surface area contributed by atoms with E-state index in [-0.39, 0.29) is 5.91 Å². The van der Waals surface area contributed by atoms with Crippen molar-refractivity contribution in [3.8, 4) is 11.8 Å². The van der Waals surface area contributed by atoms with E-state index in [9.17, 15) is 4.79 Å². The van der Waals surface area contributed by atoms with Gasteiger partial charge in [-0.15, -0.1) is 15.3 Å².